The van der Waals surface area contributed by atoms with Gasteiger partial charge >= 0.3 is 0 Å². The van der Waals surface area contributed by atoms with Crippen LogP contribution in [0.2, 0.25) is 0 Å². The summed E-state index contributed by atoms with van der Waals surface area (Å²) in [7, 11) is 0. The average molecular weight is 313 g/mol. The number of halogens is 1. The Morgan fingerprint density at radius 3 is 2.47 bits per heavy atom. The van der Waals surface area contributed by atoms with Gasteiger partial charge in [-0.1, -0.05) is 12.1 Å². The number of hydrogen-bond acceptors (Lipinski definition) is 3. The van der Waals surface area contributed by atoms with E-state index in [1.165, 1.54) is 4.88 Å². The lowest BCUT2D eigenvalue weighted by Crippen LogP contribution is -1.94. The number of rotatable bonds is 5. The van der Waals surface area contributed by atoms with Crippen LogP contribution in [0.5, 0.6) is 5.75 Å². The zero-order chi connectivity index (χ0) is 12.1. The first kappa shape index (κ1) is 12.6. The van der Waals surface area contributed by atoms with Crippen molar-refractivity contribution in [2.45, 2.75) is 13.0 Å². The maximum absolute atomic E-state index is 8.81. The van der Waals surface area contributed by atoms with Gasteiger partial charge in [0.25, 0.3) is 0 Å². The molecule has 2 rings (SSSR count). The van der Waals surface area contributed by atoms with Crippen LogP contribution >= 0.6 is 27.3 Å². The smallest absolute Gasteiger partial charge is 0.122 e. The summed E-state index contributed by atoms with van der Waals surface area (Å²) >= 11 is 5.10. The Morgan fingerprint density at radius 2 is 1.88 bits per heavy atom. The third-order valence-corrected chi connectivity index (χ3v) is 3.93. The number of benzene rings is 1. The minimum absolute atomic E-state index is 0.184. The molecule has 1 aromatic heterocycles. The van der Waals surface area contributed by atoms with Gasteiger partial charge in [0.15, 0.2) is 0 Å². The number of hydrogen-bond donors (Lipinski definition) is 1. The highest BCUT2D eigenvalue weighted by Gasteiger charge is 1.99. The van der Waals surface area contributed by atoms with Crippen molar-refractivity contribution in [2.24, 2.45) is 0 Å². The molecule has 0 saturated carbocycles. The van der Waals surface area contributed by atoms with Crippen molar-refractivity contribution < 1.29 is 9.84 Å². The van der Waals surface area contributed by atoms with Gasteiger partial charge in [-0.3, -0.25) is 0 Å². The van der Waals surface area contributed by atoms with E-state index in [0.717, 1.165) is 15.1 Å². The van der Waals surface area contributed by atoms with Gasteiger partial charge in [0, 0.05) is 11.5 Å². The Labute approximate surface area is 113 Å². The third kappa shape index (κ3) is 3.84. The van der Waals surface area contributed by atoms with E-state index in [9.17, 15) is 0 Å². The highest BCUT2D eigenvalue weighted by molar-refractivity contribution is 9.11. The number of thiophene rings is 1. The van der Waals surface area contributed by atoms with Gasteiger partial charge in [0.05, 0.1) is 3.79 Å². The molecule has 2 nitrogen and oxygen atoms in total. The van der Waals surface area contributed by atoms with Gasteiger partial charge in [0.2, 0.25) is 0 Å². The van der Waals surface area contributed by atoms with Crippen molar-refractivity contribution >= 4 is 27.3 Å². The molecule has 0 amide bonds. The summed E-state index contributed by atoms with van der Waals surface area (Å²) in [6.07, 6.45) is 0.693. The molecular weight excluding hydrogens is 300 g/mol. The Balaban J connectivity index is 1.90. The zero-order valence-electron chi connectivity index (χ0n) is 9.23. The molecule has 2 aromatic rings. The van der Waals surface area contributed by atoms with Crippen molar-refractivity contribution in [2.75, 3.05) is 6.61 Å². The Hall–Kier alpha value is -0.840. The molecular formula is C13H13BrO2S. The summed E-state index contributed by atoms with van der Waals surface area (Å²) in [5.41, 5.74) is 1.12. The summed E-state index contributed by atoms with van der Waals surface area (Å²) in [5.74, 6) is 0.858. The predicted octanol–water partition coefficient (Wildman–Crippen LogP) is 3.62. The summed E-state index contributed by atoms with van der Waals surface area (Å²) in [6.45, 7) is 0.777. The molecule has 1 aromatic carbocycles. The van der Waals surface area contributed by atoms with Crippen molar-refractivity contribution in [1.82, 2.24) is 0 Å². The second kappa shape index (κ2) is 6.19. The summed E-state index contributed by atoms with van der Waals surface area (Å²) in [4.78, 5) is 1.19. The van der Waals surface area contributed by atoms with Crippen LogP contribution in [0.25, 0.3) is 0 Å². The lowest BCUT2D eigenvalue weighted by molar-refractivity contribution is 0.298. The van der Waals surface area contributed by atoms with Crippen LogP contribution in [-0.2, 0) is 13.0 Å². The lowest BCUT2D eigenvalue weighted by Gasteiger charge is -2.05. The molecule has 17 heavy (non-hydrogen) atoms. The molecule has 0 aliphatic carbocycles. The number of ether oxygens (including phenoxy) is 1. The normalized spacial score (nSPS) is 10.5. The van der Waals surface area contributed by atoms with Crippen LogP contribution in [0.15, 0.2) is 40.2 Å². The average Bonchev–Trinajstić information content (AvgIpc) is 2.75. The molecule has 1 N–H and O–H groups in total. The summed E-state index contributed by atoms with van der Waals surface area (Å²) in [6, 6.07) is 11.9. The van der Waals surface area contributed by atoms with Gasteiger partial charge < -0.3 is 9.84 Å². The van der Waals surface area contributed by atoms with Crippen molar-refractivity contribution in [3.05, 3.63) is 50.6 Å². The minimum Gasteiger partial charge on any atom is -0.488 e. The fourth-order valence-electron chi connectivity index (χ4n) is 1.47. The van der Waals surface area contributed by atoms with Crippen molar-refractivity contribution in [3.8, 4) is 5.75 Å². The van der Waals surface area contributed by atoms with Gasteiger partial charge in [-0.25, -0.2) is 0 Å². The maximum Gasteiger partial charge on any atom is 0.122 e. The van der Waals surface area contributed by atoms with Crippen LogP contribution in [0.3, 0.4) is 0 Å². The highest BCUT2D eigenvalue weighted by atomic mass is 79.9. The van der Waals surface area contributed by atoms with E-state index in [1.54, 1.807) is 11.3 Å². The van der Waals surface area contributed by atoms with Crippen LogP contribution < -0.4 is 4.74 Å². The second-order valence-corrected chi connectivity index (χ2v) is 6.16. The van der Waals surface area contributed by atoms with Gasteiger partial charge in [0.1, 0.15) is 12.4 Å². The quantitative estimate of drug-likeness (QED) is 0.913. The molecule has 0 spiro atoms. The largest absolute Gasteiger partial charge is 0.488 e. The molecule has 0 atom stereocenters. The maximum atomic E-state index is 8.81. The van der Waals surface area contributed by atoms with Crippen LogP contribution in [0.4, 0.5) is 0 Å². The van der Waals surface area contributed by atoms with Gasteiger partial charge in [-0.05, 0) is 52.2 Å². The minimum atomic E-state index is 0.184. The fourth-order valence-corrected chi connectivity index (χ4v) is 2.86. The van der Waals surface area contributed by atoms with Crippen LogP contribution in [0, 0.1) is 0 Å². The van der Waals surface area contributed by atoms with Gasteiger partial charge in [-0.2, -0.15) is 0 Å². The summed E-state index contributed by atoms with van der Waals surface area (Å²) in [5, 5.41) is 8.81. The van der Waals surface area contributed by atoms with E-state index in [1.807, 2.05) is 30.3 Å². The molecule has 4 heteroatoms. The molecule has 0 aliphatic rings. The molecule has 90 valence electrons. The molecule has 0 fully saturated rings. The Kier molecular flexibility index (Phi) is 4.59. The van der Waals surface area contributed by atoms with Crippen LogP contribution in [-0.4, -0.2) is 11.7 Å². The zero-order valence-corrected chi connectivity index (χ0v) is 11.6. The highest BCUT2D eigenvalue weighted by Crippen LogP contribution is 2.23. The van der Waals surface area contributed by atoms with E-state index in [-0.39, 0.29) is 6.61 Å². The Morgan fingerprint density at radius 1 is 1.12 bits per heavy atom. The van der Waals surface area contributed by atoms with E-state index in [0.29, 0.717) is 13.0 Å². The van der Waals surface area contributed by atoms with E-state index < -0.39 is 0 Å². The molecule has 0 radical (unpaired) electrons. The van der Waals surface area contributed by atoms with Crippen molar-refractivity contribution in [3.63, 3.8) is 0 Å². The first-order chi connectivity index (χ1) is 8.28. The SMILES string of the molecule is OCCc1ccc(OCc2ccc(Br)s2)cc1. The number of aliphatic hydroxyl groups excluding tert-OH is 1. The predicted molar refractivity (Wildman–Crippen MR) is 73.6 cm³/mol. The molecule has 1 heterocycles. The first-order valence-corrected chi connectivity index (χ1v) is 6.95. The topological polar surface area (TPSA) is 29.5 Å². The Bertz CT molecular complexity index is 465. The molecule has 0 unspecified atom stereocenters. The van der Waals surface area contributed by atoms with E-state index in [2.05, 4.69) is 22.0 Å². The molecule has 0 bridgehead atoms. The standard InChI is InChI=1S/C13H13BrO2S/c14-13-6-5-12(17-13)9-16-11-3-1-10(2-4-11)7-8-15/h1-6,15H,7-9H2. The number of aliphatic hydroxyl groups is 1. The molecule has 0 aliphatic heterocycles. The summed E-state index contributed by atoms with van der Waals surface area (Å²) < 4.78 is 6.79. The fraction of sp³-hybridized carbons (Fsp3) is 0.231. The van der Waals surface area contributed by atoms with E-state index >= 15 is 0 Å². The van der Waals surface area contributed by atoms with Gasteiger partial charge in [-0.15, -0.1) is 11.3 Å². The van der Waals surface area contributed by atoms with Crippen LogP contribution in [0.1, 0.15) is 10.4 Å². The lowest BCUT2D eigenvalue weighted by atomic mass is 10.1. The second-order valence-electron chi connectivity index (χ2n) is 3.61. The molecule has 0 saturated heterocycles. The van der Waals surface area contributed by atoms with E-state index in [4.69, 9.17) is 9.84 Å². The van der Waals surface area contributed by atoms with Crippen molar-refractivity contribution in [1.29, 1.82) is 0 Å². The first-order valence-electron chi connectivity index (χ1n) is 5.35. The third-order valence-electron chi connectivity index (χ3n) is 2.33. The monoisotopic (exact) mass is 312 g/mol.